The largest absolute Gasteiger partial charge is 0.490 e. The second-order valence-corrected chi connectivity index (χ2v) is 5.52. The molecule has 1 aromatic carbocycles. The lowest BCUT2D eigenvalue weighted by Gasteiger charge is -2.09. The lowest BCUT2D eigenvalue weighted by molar-refractivity contribution is 0.344. The minimum atomic E-state index is 0.387. The molecule has 0 atom stereocenters. The fraction of sp³-hybridized carbons (Fsp3) is 0.273. The number of halogens is 2. The van der Waals surface area contributed by atoms with Crippen molar-refractivity contribution in [3.63, 3.8) is 0 Å². The fourth-order valence-electron chi connectivity index (χ4n) is 1.35. The third-order valence-corrected chi connectivity index (χ3v) is 3.93. The summed E-state index contributed by atoms with van der Waals surface area (Å²) >= 11 is 13.5. The van der Waals surface area contributed by atoms with Gasteiger partial charge in [0.25, 0.3) is 0 Å². The molecule has 0 aliphatic rings. The normalized spacial score (nSPS) is 10.7. The van der Waals surface area contributed by atoms with Crippen molar-refractivity contribution in [1.29, 1.82) is 0 Å². The molecule has 0 radical (unpaired) electrons. The van der Waals surface area contributed by atoms with Gasteiger partial charge in [0.15, 0.2) is 10.9 Å². The molecule has 2 aromatic rings. The fourth-order valence-corrected chi connectivity index (χ4v) is 2.59. The highest BCUT2D eigenvalue weighted by atomic mass is 35.5. The number of ether oxygens (including phenoxy) is 1. The highest BCUT2D eigenvalue weighted by Crippen LogP contribution is 2.32. The number of hydrogen-bond acceptors (Lipinski definition) is 5. The van der Waals surface area contributed by atoms with Crippen LogP contribution in [0.15, 0.2) is 23.4 Å². The Morgan fingerprint density at radius 3 is 2.58 bits per heavy atom. The first-order valence-corrected chi connectivity index (χ1v) is 7.18. The van der Waals surface area contributed by atoms with Gasteiger partial charge < -0.3 is 10.5 Å². The number of rotatable bonds is 5. The summed E-state index contributed by atoms with van der Waals surface area (Å²) in [6, 6.07) is 5.24. The van der Waals surface area contributed by atoms with Crippen LogP contribution in [0.25, 0.3) is 0 Å². The van der Waals surface area contributed by atoms with Crippen molar-refractivity contribution in [2.75, 3.05) is 18.1 Å². The quantitative estimate of drug-likeness (QED) is 0.678. The highest BCUT2D eigenvalue weighted by molar-refractivity contribution is 7.99. The van der Waals surface area contributed by atoms with E-state index in [-0.39, 0.29) is 0 Å². The molecule has 0 fully saturated rings. The van der Waals surface area contributed by atoms with E-state index in [2.05, 4.69) is 10.2 Å². The van der Waals surface area contributed by atoms with E-state index in [4.69, 9.17) is 33.7 Å². The average molecular weight is 319 g/mol. The first-order valence-electron chi connectivity index (χ1n) is 5.44. The van der Waals surface area contributed by atoms with E-state index in [9.17, 15) is 0 Å². The third kappa shape index (κ3) is 3.46. The van der Waals surface area contributed by atoms with Crippen LogP contribution in [0.4, 0.5) is 5.95 Å². The summed E-state index contributed by atoms with van der Waals surface area (Å²) in [4.78, 5) is 0. The zero-order chi connectivity index (χ0) is 13.8. The molecule has 2 rings (SSSR count). The Labute approximate surface area is 125 Å². The van der Waals surface area contributed by atoms with Gasteiger partial charge in [0, 0.05) is 12.8 Å². The maximum atomic E-state index is 5.99. The smallest absolute Gasteiger partial charge is 0.222 e. The zero-order valence-electron chi connectivity index (χ0n) is 10.1. The van der Waals surface area contributed by atoms with Crippen LogP contribution in [0.2, 0.25) is 10.0 Å². The molecule has 0 amide bonds. The summed E-state index contributed by atoms with van der Waals surface area (Å²) in [6.07, 6.45) is 0. The van der Waals surface area contributed by atoms with Crippen LogP contribution in [0.3, 0.4) is 0 Å². The van der Waals surface area contributed by atoms with Crippen molar-refractivity contribution in [2.45, 2.75) is 5.16 Å². The Kier molecular flexibility index (Phi) is 4.79. The minimum absolute atomic E-state index is 0.387. The topological polar surface area (TPSA) is 66.0 Å². The number of aromatic nitrogens is 3. The summed E-state index contributed by atoms with van der Waals surface area (Å²) in [5.41, 5.74) is 5.59. The average Bonchev–Trinajstić information content (AvgIpc) is 2.69. The summed E-state index contributed by atoms with van der Waals surface area (Å²) in [5, 5.41) is 9.45. The molecular formula is C11H12Cl2N4OS. The van der Waals surface area contributed by atoms with Crippen LogP contribution in [0.1, 0.15) is 0 Å². The molecule has 1 aromatic heterocycles. The second-order valence-electron chi connectivity index (χ2n) is 3.65. The molecule has 5 nitrogen and oxygen atoms in total. The first kappa shape index (κ1) is 14.3. The second kappa shape index (κ2) is 6.36. The number of benzene rings is 1. The van der Waals surface area contributed by atoms with Gasteiger partial charge in [-0.05, 0) is 12.1 Å². The number of hydrogen-bond donors (Lipinski definition) is 1. The monoisotopic (exact) mass is 318 g/mol. The standard InChI is InChI=1S/C11H12Cl2N4OS/c1-17-10(14)15-16-11(17)19-6-5-18-9-7(12)3-2-4-8(9)13/h2-4H,5-6H2,1H3,(H2,14,15). The van der Waals surface area contributed by atoms with Gasteiger partial charge in [0.1, 0.15) is 0 Å². The molecule has 1 heterocycles. The number of anilines is 1. The van der Waals surface area contributed by atoms with E-state index in [1.807, 2.05) is 7.05 Å². The molecule has 19 heavy (non-hydrogen) atoms. The molecule has 0 aliphatic heterocycles. The van der Waals surface area contributed by atoms with E-state index in [0.29, 0.717) is 34.1 Å². The maximum Gasteiger partial charge on any atom is 0.222 e. The molecule has 0 spiro atoms. The molecule has 0 unspecified atom stereocenters. The third-order valence-electron chi connectivity index (χ3n) is 2.35. The lowest BCUT2D eigenvalue weighted by Crippen LogP contribution is -2.03. The SMILES string of the molecule is Cn1c(N)nnc1SCCOc1c(Cl)cccc1Cl. The van der Waals surface area contributed by atoms with Crippen LogP contribution in [0, 0.1) is 0 Å². The zero-order valence-corrected chi connectivity index (χ0v) is 12.5. The molecule has 0 saturated carbocycles. The number of para-hydroxylation sites is 1. The van der Waals surface area contributed by atoms with Crippen LogP contribution < -0.4 is 10.5 Å². The molecule has 102 valence electrons. The van der Waals surface area contributed by atoms with Crippen LogP contribution in [0.5, 0.6) is 5.75 Å². The van der Waals surface area contributed by atoms with E-state index in [1.165, 1.54) is 11.8 Å². The van der Waals surface area contributed by atoms with Crippen molar-refractivity contribution in [2.24, 2.45) is 7.05 Å². The number of nitrogens with zero attached hydrogens (tertiary/aromatic N) is 3. The predicted octanol–water partition coefficient (Wildman–Crippen LogP) is 2.88. The summed E-state index contributed by atoms with van der Waals surface area (Å²) in [6.45, 7) is 0.459. The minimum Gasteiger partial charge on any atom is -0.490 e. The van der Waals surface area contributed by atoms with Gasteiger partial charge in [0.05, 0.1) is 16.7 Å². The number of nitrogen functional groups attached to an aromatic ring is 1. The summed E-state index contributed by atoms with van der Waals surface area (Å²) < 4.78 is 7.28. The van der Waals surface area contributed by atoms with Gasteiger partial charge in [-0.2, -0.15) is 0 Å². The number of nitrogens with two attached hydrogens (primary N) is 1. The summed E-state index contributed by atoms with van der Waals surface area (Å²) in [7, 11) is 1.81. The van der Waals surface area contributed by atoms with Crippen LogP contribution in [-0.2, 0) is 7.05 Å². The molecular weight excluding hydrogens is 307 g/mol. The van der Waals surface area contributed by atoms with E-state index in [0.717, 1.165) is 5.16 Å². The van der Waals surface area contributed by atoms with Crippen molar-refractivity contribution < 1.29 is 4.74 Å². The number of thioether (sulfide) groups is 1. The Bertz CT molecular complexity index is 556. The maximum absolute atomic E-state index is 5.99. The predicted molar refractivity (Wildman–Crippen MR) is 78.1 cm³/mol. The lowest BCUT2D eigenvalue weighted by atomic mass is 10.3. The Hall–Kier alpha value is -1.11. The van der Waals surface area contributed by atoms with Crippen molar-refractivity contribution in [3.05, 3.63) is 28.2 Å². The Balaban J connectivity index is 1.86. The van der Waals surface area contributed by atoms with E-state index >= 15 is 0 Å². The van der Waals surface area contributed by atoms with Gasteiger partial charge >= 0.3 is 0 Å². The highest BCUT2D eigenvalue weighted by Gasteiger charge is 2.08. The molecule has 0 saturated heterocycles. The van der Waals surface area contributed by atoms with Crippen molar-refractivity contribution in [3.8, 4) is 5.75 Å². The van der Waals surface area contributed by atoms with Gasteiger partial charge in [-0.1, -0.05) is 41.0 Å². The van der Waals surface area contributed by atoms with Gasteiger partial charge in [-0.25, -0.2) is 0 Å². The van der Waals surface area contributed by atoms with Crippen molar-refractivity contribution in [1.82, 2.24) is 14.8 Å². The molecule has 0 bridgehead atoms. The Morgan fingerprint density at radius 1 is 1.32 bits per heavy atom. The van der Waals surface area contributed by atoms with Crippen LogP contribution >= 0.6 is 35.0 Å². The molecule has 2 N–H and O–H groups in total. The summed E-state index contributed by atoms with van der Waals surface area (Å²) in [5.74, 6) is 1.58. The van der Waals surface area contributed by atoms with Crippen LogP contribution in [-0.4, -0.2) is 27.1 Å². The Morgan fingerprint density at radius 2 is 2.00 bits per heavy atom. The van der Waals surface area contributed by atoms with Gasteiger partial charge in [-0.3, -0.25) is 4.57 Å². The molecule has 0 aliphatic carbocycles. The van der Waals surface area contributed by atoms with E-state index in [1.54, 1.807) is 22.8 Å². The van der Waals surface area contributed by atoms with Gasteiger partial charge in [0.2, 0.25) is 5.95 Å². The van der Waals surface area contributed by atoms with E-state index < -0.39 is 0 Å². The molecule has 8 heteroatoms. The first-order chi connectivity index (χ1) is 9.09. The van der Waals surface area contributed by atoms with Gasteiger partial charge in [-0.15, -0.1) is 10.2 Å². The van der Waals surface area contributed by atoms with Crippen molar-refractivity contribution >= 4 is 40.9 Å².